The first kappa shape index (κ1) is 10.2. The first-order valence-corrected chi connectivity index (χ1v) is 5.01. The lowest BCUT2D eigenvalue weighted by molar-refractivity contribution is -0.760. The number of aliphatic carboxylic acids is 1. The van der Waals surface area contributed by atoms with Gasteiger partial charge in [-0.1, -0.05) is 0 Å². The summed E-state index contributed by atoms with van der Waals surface area (Å²) in [7, 11) is 0. The number of rotatable bonds is 4. The number of carboxylic acids is 1. The first-order chi connectivity index (χ1) is 7.01. The number of carboxylic acid groups (broad SMARTS) is 1. The highest BCUT2D eigenvalue weighted by molar-refractivity contribution is 5.71. The van der Waals surface area contributed by atoms with Crippen LogP contribution in [0.2, 0.25) is 0 Å². The Hall–Kier alpha value is -1.33. The molecule has 84 valence electrons. The molecule has 0 atom stereocenters. The molecule has 0 amide bonds. The Labute approximate surface area is 86.3 Å². The van der Waals surface area contributed by atoms with E-state index in [2.05, 4.69) is 4.84 Å². The van der Waals surface area contributed by atoms with Crippen molar-refractivity contribution >= 4 is 5.97 Å². The molecule has 0 saturated heterocycles. The molecule has 6 heteroatoms. The molecule has 0 aromatic heterocycles. The third kappa shape index (κ3) is 1.88. The van der Waals surface area contributed by atoms with Crippen molar-refractivity contribution in [1.29, 1.82) is 0 Å². The van der Waals surface area contributed by atoms with Crippen LogP contribution < -0.4 is 0 Å². The highest BCUT2D eigenvalue weighted by Crippen LogP contribution is 2.61. The topological polar surface area (TPSA) is 89.7 Å². The molecule has 0 heterocycles. The number of hydrogen-bond donors (Lipinski definition) is 1. The molecule has 2 aliphatic rings. The van der Waals surface area contributed by atoms with Crippen LogP contribution in [0.1, 0.15) is 25.7 Å². The maximum atomic E-state index is 10.6. The Morgan fingerprint density at radius 3 is 2.53 bits per heavy atom. The molecule has 0 aliphatic heterocycles. The van der Waals surface area contributed by atoms with Crippen LogP contribution in [0.4, 0.5) is 0 Å². The Bertz CT molecular complexity index is 289. The summed E-state index contributed by atoms with van der Waals surface area (Å²) in [5.41, 5.74) is 0.174. The van der Waals surface area contributed by atoms with E-state index in [0.717, 1.165) is 25.7 Å². The lowest BCUT2D eigenvalue weighted by atomic mass is 9.48. The molecule has 15 heavy (non-hydrogen) atoms. The van der Waals surface area contributed by atoms with E-state index in [0.29, 0.717) is 0 Å². The van der Waals surface area contributed by atoms with Gasteiger partial charge >= 0.3 is 5.97 Å². The van der Waals surface area contributed by atoms with E-state index in [4.69, 9.17) is 5.11 Å². The van der Waals surface area contributed by atoms with Crippen LogP contribution in [-0.2, 0) is 9.63 Å². The van der Waals surface area contributed by atoms with E-state index in [1.54, 1.807) is 0 Å². The Balaban J connectivity index is 1.67. The van der Waals surface area contributed by atoms with Crippen LogP contribution in [0.15, 0.2) is 0 Å². The molecule has 0 aromatic rings. The fourth-order valence-corrected chi connectivity index (χ4v) is 2.94. The zero-order valence-electron chi connectivity index (χ0n) is 8.22. The maximum absolute atomic E-state index is 10.6. The van der Waals surface area contributed by atoms with Crippen molar-refractivity contribution in [2.75, 3.05) is 6.61 Å². The minimum absolute atomic E-state index is 0.159. The molecule has 0 unspecified atom stereocenters. The van der Waals surface area contributed by atoms with Crippen LogP contribution in [0.25, 0.3) is 0 Å². The molecular formula is C9H13NO5. The lowest BCUT2D eigenvalue weighted by Crippen LogP contribution is -2.50. The summed E-state index contributed by atoms with van der Waals surface area (Å²) in [6.07, 6.45) is 3.23. The number of hydrogen-bond acceptors (Lipinski definition) is 4. The quantitative estimate of drug-likeness (QED) is 0.560. The van der Waals surface area contributed by atoms with Gasteiger partial charge in [0.1, 0.15) is 0 Å². The normalized spacial score (nSPS) is 37.9. The number of carbonyl (C=O) groups is 1. The molecular weight excluding hydrogens is 202 g/mol. The van der Waals surface area contributed by atoms with Crippen molar-refractivity contribution < 1.29 is 19.8 Å². The van der Waals surface area contributed by atoms with Gasteiger partial charge < -0.3 is 9.94 Å². The highest BCUT2D eigenvalue weighted by atomic mass is 16.9. The van der Waals surface area contributed by atoms with Gasteiger partial charge in [0.05, 0.1) is 12.5 Å². The zero-order chi connectivity index (χ0) is 11.1. The smallest absolute Gasteiger partial charge is 0.306 e. The van der Waals surface area contributed by atoms with Gasteiger partial charge in [-0.25, -0.2) is 0 Å². The van der Waals surface area contributed by atoms with Gasteiger partial charge in [-0.3, -0.25) is 4.79 Å². The van der Waals surface area contributed by atoms with Gasteiger partial charge in [-0.15, -0.1) is 10.1 Å². The largest absolute Gasteiger partial charge is 0.481 e. The Kier molecular flexibility index (Phi) is 2.28. The molecule has 1 N–H and O–H groups in total. The van der Waals surface area contributed by atoms with Crippen molar-refractivity contribution in [2.45, 2.75) is 25.7 Å². The fourth-order valence-electron chi connectivity index (χ4n) is 2.94. The van der Waals surface area contributed by atoms with E-state index < -0.39 is 11.1 Å². The summed E-state index contributed by atoms with van der Waals surface area (Å²) in [5.74, 6) is -0.668. The molecule has 0 radical (unpaired) electrons. The zero-order valence-corrected chi connectivity index (χ0v) is 8.22. The summed E-state index contributed by atoms with van der Waals surface area (Å²) in [6, 6.07) is 0. The predicted octanol–water partition coefficient (Wildman–Crippen LogP) is 1.09. The summed E-state index contributed by atoms with van der Waals surface area (Å²) >= 11 is 0. The number of nitrogens with zero attached hydrogens (tertiary/aromatic N) is 1. The summed E-state index contributed by atoms with van der Waals surface area (Å²) in [5, 5.41) is 17.9. The van der Waals surface area contributed by atoms with Crippen molar-refractivity contribution in [3.63, 3.8) is 0 Å². The van der Waals surface area contributed by atoms with Crippen LogP contribution >= 0.6 is 0 Å². The van der Waals surface area contributed by atoms with E-state index in [9.17, 15) is 14.9 Å². The Morgan fingerprint density at radius 1 is 1.47 bits per heavy atom. The average Bonchev–Trinajstić information content (AvgIpc) is 1.96. The molecule has 1 spiro atoms. The van der Waals surface area contributed by atoms with E-state index >= 15 is 0 Å². The van der Waals surface area contributed by atoms with Crippen molar-refractivity contribution in [3.05, 3.63) is 10.1 Å². The van der Waals surface area contributed by atoms with E-state index in [1.807, 2.05) is 0 Å². The third-order valence-corrected chi connectivity index (χ3v) is 3.57. The summed E-state index contributed by atoms with van der Waals surface area (Å²) < 4.78 is 0. The monoisotopic (exact) mass is 215 g/mol. The average molecular weight is 215 g/mol. The minimum Gasteiger partial charge on any atom is -0.481 e. The summed E-state index contributed by atoms with van der Waals surface area (Å²) in [6.45, 7) is 0.159. The SMILES string of the molecule is O=C(O)C1CC2(CC(CO[N+](=O)[O-])C2)C1. The van der Waals surface area contributed by atoms with E-state index in [1.165, 1.54) is 0 Å². The van der Waals surface area contributed by atoms with Crippen LogP contribution in [0.3, 0.4) is 0 Å². The molecule has 2 fully saturated rings. The van der Waals surface area contributed by atoms with Gasteiger partial charge in [0.15, 0.2) is 0 Å². The fraction of sp³-hybridized carbons (Fsp3) is 0.889. The van der Waals surface area contributed by atoms with Gasteiger partial charge in [0, 0.05) is 0 Å². The van der Waals surface area contributed by atoms with Gasteiger partial charge in [0.2, 0.25) is 0 Å². The van der Waals surface area contributed by atoms with Crippen molar-refractivity contribution in [3.8, 4) is 0 Å². The second-order valence-corrected chi connectivity index (χ2v) is 4.74. The van der Waals surface area contributed by atoms with Crippen molar-refractivity contribution in [1.82, 2.24) is 0 Å². The second kappa shape index (κ2) is 3.36. The molecule has 0 bridgehead atoms. The maximum Gasteiger partial charge on any atom is 0.306 e. The first-order valence-electron chi connectivity index (χ1n) is 5.01. The van der Waals surface area contributed by atoms with Gasteiger partial charge in [0.25, 0.3) is 5.09 Å². The molecule has 0 aromatic carbocycles. The molecule has 2 rings (SSSR count). The minimum atomic E-state index is -0.772. The standard InChI is InChI=1S/C9H13NO5/c11-8(12)7-3-9(4-7)1-6(2-9)5-15-10(13)14/h6-7H,1-5H2,(H,11,12). The lowest BCUT2D eigenvalue weighted by Gasteiger charge is -2.56. The molecule has 2 saturated carbocycles. The molecule has 6 nitrogen and oxygen atoms in total. The van der Waals surface area contributed by atoms with Gasteiger partial charge in [-0.2, -0.15) is 0 Å². The summed E-state index contributed by atoms with van der Waals surface area (Å²) in [4.78, 5) is 24.8. The van der Waals surface area contributed by atoms with Crippen LogP contribution in [-0.4, -0.2) is 22.8 Å². The Morgan fingerprint density at radius 2 is 2.07 bits per heavy atom. The highest BCUT2D eigenvalue weighted by Gasteiger charge is 2.54. The van der Waals surface area contributed by atoms with E-state index in [-0.39, 0.29) is 23.9 Å². The van der Waals surface area contributed by atoms with Crippen LogP contribution in [0.5, 0.6) is 0 Å². The van der Waals surface area contributed by atoms with Crippen LogP contribution in [0, 0.1) is 27.4 Å². The second-order valence-electron chi connectivity index (χ2n) is 4.74. The predicted molar refractivity (Wildman–Crippen MR) is 48.5 cm³/mol. The third-order valence-electron chi connectivity index (χ3n) is 3.57. The molecule has 2 aliphatic carbocycles. The van der Waals surface area contributed by atoms with Crippen molar-refractivity contribution in [2.24, 2.45) is 17.3 Å². The van der Waals surface area contributed by atoms with Gasteiger partial charge in [-0.05, 0) is 37.0 Å².